The van der Waals surface area contributed by atoms with Gasteiger partial charge in [-0.1, -0.05) is 56.3 Å². The summed E-state index contributed by atoms with van der Waals surface area (Å²) in [5.74, 6) is -1.54. The van der Waals surface area contributed by atoms with Gasteiger partial charge in [0.1, 0.15) is 23.9 Å². The minimum atomic E-state index is -1.85. The van der Waals surface area contributed by atoms with E-state index in [-0.39, 0.29) is 24.7 Å². The Balaban J connectivity index is 1.94. The van der Waals surface area contributed by atoms with Crippen LogP contribution in [-0.4, -0.2) is 76.7 Å². The summed E-state index contributed by atoms with van der Waals surface area (Å²) < 4.78 is 5.74. The van der Waals surface area contributed by atoms with E-state index in [0.29, 0.717) is 36.4 Å². The van der Waals surface area contributed by atoms with Crippen molar-refractivity contribution in [3.05, 3.63) is 65.7 Å². The lowest BCUT2D eigenvalue weighted by Gasteiger charge is -2.45. The van der Waals surface area contributed by atoms with Crippen molar-refractivity contribution in [2.75, 3.05) is 13.2 Å². The largest absolute Gasteiger partial charge is 0.530 e. The van der Waals surface area contributed by atoms with Crippen molar-refractivity contribution < 1.29 is 34.1 Å². The first-order valence-corrected chi connectivity index (χ1v) is 14.6. The highest BCUT2D eigenvalue weighted by Crippen LogP contribution is 2.23. The molecule has 0 aliphatic carbocycles. The number of hydrogen-bond donors (Lipinski definition) is 4. The second kappa shape index (κ2) is 14.9. The Kier molecular flexibility index (Phi) is 11.5. The third kappa shape index (κ3) is 9.44. The van der Waals surface area contributed by atoms with Crippen LogP contribution in [0.5, 0.6) is 5.75 Å². The number of nitrogens with one attached hydrogen (secondary N) is 3. The monoisotopic (exact) mass is 595 g/mol. The minimum absolute atomic E-state index is 0.0224. The molecular formula is C32H43N4O7-. The number of ether oxygens (including phenoxy) is 1. The van der Waals surface area contributed by atoms with Gasteiger partial charge in [0.15, 0.2) is 6.10 Å². The second-order valence-electron chi connectivity index (χ2n) is 12.1. The van der Waals surface area contributed by atoms with Gasteiger partial charge in [0.05, 0.1) is 12.6 Å². The molecule has 2 heterocycles. The van der Waals surface area contributed by atoms with E-state index in [0.717, 1.165) is 4.90 Å². The molecule has 0 fully saturated rings. The molecule has 4 rings (SSSR count). The van der Waals surface area contributed by atoms with Crippen molar-refractivity contribution in [2.24, 2.45) is 5.92 Å². The fourth-order valence-electron chi connectivity index (χ4n) is 5.08. The van der Waals surface area contributed by atoms with Crippen LogP contribution in [0.3, 0.4) is 0 Å². The highest BCUT2D eigenvalue weighted by molar-refractivity contribution is 5.93. The number of nitrogens with zero attached hydrogens (tertiary/aromatic N) is 1. The van der Waals surface area contributed by atoms with Gasteiger partial charge in [-0.2, -0.15) is 0 Å². The highest BCUT2D eigenvalue weighted by atomic mass is 16.5. The number of rotatable bonds is 7. The number of aliphatic hydroxyl groups excluding tert-OH is 1. The van der Waals surface area contributed by atoms with Gasteiger partial charge in [0, 0.05) is 18.5 Å². The summed E-state index contributed by atoms with van der Waals surface area (Å²) in [6, 6.07) is 12.7. The minimum Gasteiger partial charge on any atom is -0.530 e. The van der Waals surface area contributed by atoms with Crippen LogP contribution in [-0.2, 0) is 27.2 Å². The molecule has 11 nitrogen and oxygen atoms in total. The topological polar surface area (TPSA) is 160 Å². The van der Waals surface area contributed by atoms with Crippen LogP contribution >= 0.6 is 0 Å². The molecule has 2 aromatic rings. The Morgan fingerprint density at radius 2 is 1.72 bits per heavy atom. The number of carbonyl (C=O) groups is 4. The number of aliphatic hydroxyl groups is 1. The number of benzene rings is 2. The van der Waals surface area contributed by atoms with E-state index in [1.165, 1.54) is 0 Å². The van der Waals surface area contributed by atoms with Crippen molar-refractivity contribution >= 4 is 23.8 Å². The zero-order valence-electron chi connectivity index (χ0n) is 25.5. The quantitative estimate of drug-likeness (QED) is 0.374. The van der Waals surface area contributed by atoms with E-state index in [1.807, 2.05) is 0 Å². The first-order valence-electron chi connectivity index (χ1n) is 14.6. The van der Waals surface area contributed by atoms with Crippen LogP contribution in [0, 0.1) is 5.92 Å². The van der Waals surface area contributed by atoms with Gasteiger partial charge in [0.25, 0.3) is 5.91 Å². The van der Waals surface area contributed by atoms with Crippen LogP contribution in [0.15, 0.2) is 54.6 Å². The van der Waals surface area contributed by atoms with E-state index < -0.39 is 47.7 Å². The Labute approximate surface area is 253 Å². The van der Waals surface area contributed by atoms with Gasteiger partial charge in [-0.05, 0) is 62.8 Å². The number of amides is 4. The smallest absolute Gasteiger partial charge is 0.251 e. The Hall–Kier alpha value is -4.12. The molecule has 0 saturated heterocycles. The van der Waals surface area contributed by atoms with E-state index in [4.69, 9.17) is 4.74 Å². The number of carbonyl (C=O) groups excluding carboxylic acids is 4. The molecule has 2 aliphatic rings. The van der Waals surface area contributed by atoms with Crippen molar-refractivity contribution in [3.8, 4) is 5.75 Å². The molecule has 4 atom stereocenters. The van der Waals surface area contributed by atoms with Crippen molar-refractivity contribution in [2.45, 2.75) is 83.6 Å². The second-order valence-corrected chi connectivity index (χ2v) is 12.1. The first-order chi connectivity index (χ1) is 20.3. The number of carboxylic acid groups (broad SMARTS) is 1. The van der Waals surface area contributed by atoms with E-state index in [9.17, 15) is 29.4 Å². The third-order valence-corrected chi connectivity index (χ3v) is 7.30. The lowest BCUT2D eigenvalue weighted by atomic mass is 9.94. The maximum atomic E-state index is 13.6. The highest BCUT2D eigenvalue weighted by Gasteiger charge is 2.39. The predicted octanol–water partition coefficient (Wildman–Crippen LogP) is 1.17. The third-order valence-electron chi connectivity index (χ3n) is 7.30. The summed E-state index contributed by atoms with van der Waals surface area (Å²) in [5.41, 5.74) is 0.394. The predicted molar refractivity (Wildman–Crippen MR) is 159 cm³/mol. The normalized spacial score (nSPS) is 19.6. The Morgan fingerprint density at radius 3 is 2.30 bits per heavy atom. The van der Waals surface area contributed by atoms with Gasteiger partial charge < -0.3 is 40.6 Å². The van der Waals surface area contributed by atoms with Gasteiger partial charge in [-0.15, -0.1) is 0 Å². The fraction of sp³-hybridized carbons (Fsp3) is 0.500. The molecule has 2 aliphatic heterocycles. The molecule has 0 spiro atoms. The Bertz CT molecular complexity index is 1240. The summed E-state index contributed by atoms with van der Waals surface area (Å²) in [5, 5.41) is 31.9. The SMILES string of the molecule is CC(C)[C@@H]1NC(=O)[C@@H](NC(=O)[C@@H](O)[C@H](Cc2ccccc2)N(C(=O)[O-])C(C)(C)C)Cc2ccc(cc2)OCCCNC1=O. The van der Waals surface area contributed by atoms with Crippen molar-refractivity contribution in [1.29, 1.82) is 0 Å². The molecule has 0 aromatic heterocycles. The molecule has 4 N–H and O–H groups in total. The maximum Gasteiger partial charge on any atom is 0.251 e. The van der Waals surface area contributed by atoms with E-state index in [2.05, 4.69) is 16.0 Å². The maximum absolute atomic E-state index is 13.6. The zero-order valence-corrected chi connectivity index (χ0v) is 25.5. The zero-order chi connectivity index (χ0) is 31.7. The lowest BCUT2D eigenvalue weighted by Crippen LogP contribution is -2.64. The van der Waals surface area contributed by atoms with Gasteiger partial charge >= 0.3 is 0 Å². The summed E-state index contributed by atoms with van der Waals surface area (Å²) >= 11 is 0. The average molecular weight is 596 g/mol. The lowest BCUT2D eigenvalue weighted by molar-refractivity contribution is -0.275. The summed E-state index contributed by atoms with van der Waals surface area (Å²) in [6.07, 6.45) is -2.75. The standard InChI is InChI=1S/C32H44N4O7/c1-20(2)26-29(39)33-16-9-17-43-23-14-12-22(13-15-23)18-24(28(38)35-26)34-30(40)27(37)25(19-21-10-7-6-8-11-21)36(31(41)42)32(3,4)5/h6-8,10-15,20,24-27,37H,9,16-19H2,1-5H3,(H,33,39)(H,34,40)(H,35,38)(H,41,42)/p-1/t24-,25-,26-,27-/m0/s1. The van der Waals surface area contributed by atoms with Crippen LogP contribution in [0.1, 0.15) is 52.2 Å². The molecule has 4 amide bonds. The molecule has 0 unspecified atom stereocenters. The van der Waals surface area contributed by atoms with Crippen molar-refractivity contribution in [1.82, 2.24) is 20.9 Å². The first kappa shape index (κ1) is 33.4. The average Bonchev–Trinajstić information content (AvgIpc) is 2.94. The summed E-state index contributed by atoms with van der Waals surface area (Å²) in [6.45, 7) is 9.28. The molecule has 0 radical (unpaired) electrons. The van der Waals surface area contributed by atoms with Gasteiger partial charge in [0.2, 0.25) is 11.8 Å². The van der Waals surface area contributed by atoms with E-state index >= 15 is 0 Å². The Morgan fingerprint density at radius 1 is 1.07 bits per heavy atom. The molecule has 2 bridgehead atoms. The van der Waals surface area contributed by atoms with Crippen LogP contribution in [0.25, 0.3) is 0 Å². The molecule has 0 saturated carbocycles. The van der Waals surface area contributed by atoms with Crippen molar-refractivity contribution in [3.63, 3.8) is 0 Å². The molecule has 43 heavy (non-hydrogen) atoms. The molecule has 234 valence electrons. The van der Waals surface area contributed by atoms with Crippen LogP contribution in [0.4, 0.5) is 4.79 Å². The van der Waals surface area contributed by atoms with Gasteiger partial charge in [-0.25, -0.2) is 0 Å². The summed E-state index contributed by atoms with van der Waals surface area (Å²) in [7, 11) is 0. The van der Waals surface area contributed by atoms with Crippen LogP contribution in [0.2, 0.25) is 0 Å². The van der Waals surface area contributed by atoms with Gasteiger partial charge in [-0.3, -0.25) is 14.4 Å². The summed E-state index contributed by atoms with van der Waals surface area (Å²) in [4.78, 5) is 53.4. The molecule has 2 aromatic carbocycles. The molecule has 11 heteroatoms. The number of hydrogen-bond acceptors (Lipinski definition) is 7. The van der Waals surface area contributed by atoms with E-state index in [1.54, 1.807) is 89.2 Å². The molecular weight excluding hydrogens is 552 g/mol. The van der Waals surface area contributed by atoms with Crippen LogP contribution < -0.4 is 25.8 Å². The number of fused-ring (bicyclic) bond motifs is 12. The fourth-order valence-corrected chi connectivity index (χ4v) is 5.08.